The van der Waals surface area contributed by atoms with Gasteiger partial charge >= 0.3 is 5.35 Å². The summed E-state index contributed by atoms with van der Waals surface area (Å²) < 4.78 is 4.84. The summed E-state index contributed by atoms with van der Waals surface area (Å²) in [5, 5.41) is 4.04. The molecule has 16 heavy (non-hydrogen) atoms. The van der Waals surface area contributed by atoms with E-state index < -0.39 is 0 Å². The van der Waals surface area contributed by atoms with Gasteiger partial charge in [0.05, 0.1) is 0 Å². The van der Waals surface area contributed by atoms with Crippen LogP contribution in [0.5, 0.6) is 0 Å². The molecule has 0 fully saturated rings. The van der Waals surface area contributed by atoms with E-state index in [9.17, 15) is 0 Å². The number of benzene rings is 1. The maximum Gasteiger partial charge on any atom is 0.320 e. The maximum absolute atomic E-state index is 5.67. The summed E-state index contributed by atoms with van der Waals surface area (Å²) >= 11 is 5.67. The van der Waals surface area contributed by atoms with Crippen LogP contribution in [0.15, 0.2) is 28.8 Å². The summed E-state index contributed by atoms with van der Waals surface area (Å²) in [6, 6.07) is 8.44. The fraction of sp³-hybridized carbons (Fsp3) is 0.333. The average Bonchev–Trinajstić information content (AvgIpc) is 2.75. The lowest BCUT2D eigenvalue weighted by molar-refractivity contribution is 0.405. The Morgan fingerprint density at radius 2 is 2.19 bits per heavy atom. The Bertz CT molecular complexity index is 509. The van der Waals surface area contributed by atoms with Gasteiger partial charge in [-0.2, -0.15) is 4.98 Å². The molecule has 3 nitrogen and oxygen atoms in total. The third-order valence-corrected chi connectivity index (χ3v) is 3.25. The van der Waals surface area contributed by atoms with E-state index in [1.165, 1.54) is 11.1 Å². The predicted molar refractivity (Wildman–Crippen MR) is 60.5 cm³/mol. The second kappa shape index (κ2) is 3.91. The topological polar surface area (TPSA) is 38.9 Å². The average molecular weight is 235 g/mol. The van der Waals surface area contributed by atoms with Crippen LogP contribution in [0.2, 0.25) is 5.35 Å². The van der Waals surface area contributed by atoms with Crippen molar-refractivity contribution >= 4 is 11.6 Å². The van der Waals surface area contributed by atoms with Crippen molar-refractivity contribution in [1.82, 2.24) is 10.1 Å². The number of hydrogen-bond acceptors (Lipinski definition) is 3. The first-order valence-corrected chi connectivity index (χ1v) is 5.79. The van der Waals surface area contributed by atoms with Gasteiger partial charge in [-0.1, -0.05) is 29.4 Å². The zero-order chi connectivity index (χ0) is 11.0. The van der Waals surface area contributed by atoms with Crippen molar-refractivity contribution in [3.63, 3.8) is 0 Å². The van der Waals surface area contributed by atoms with Gasteiger partial charge < -0.3 is 4.52 Å². The molecule has 3 rings (SSSR count). The van der Waals surface area contributed by atoms with Crippen molar-refractivity contribution in [2.75, 3.05) is 0 Å². The number of nitrogens with zero attached hydrogens (tertiary/aromatic N) is 2. The molecule has 1 aromatic heterocycles. The molecule has 0 radical (unpaired) electrons. The Kier molecular flexibility index (Phi) is 2.40. The van der Waals surface area contributed by atoms with Crippen LogP contribution in [0.4, 0.5) is 0 Å². The fourth-order valence-electron chi connectivity index (χ4n) is 2.38. The Hall–Kier alpha value is -1.35. The Morgan fingerprint density at radius 3 is 3.00 bits per heavy atom. The van der Waals surface area contributed by atoms with Gasteiger partial charge in [-0.15, -0.1) is 0 Å². The molecular weight excluding hydrogens is 224 g/mol. The standard InChI is InChI=1S/C12H11ClN2O/c13-12-14-11(15-16-12)10-7-3-5-8-4-1-2-6-9(8)10/h1-2,4,6,10H,3,5,7H2. The largest absolute Gasteiger partial charge is 0.321 e. The van der Waals surface area contributed by atoms with Crippen LogP contribution >= 0.6 is 11.6 Å². The van der Waals surface area contributed by atoms with E-state index in [0.29, 0.717) is 5.82 Å². The molecular formula is C12H11ClN2O. The highest BCUT2D eigenvalue weighted by Crippen LogP contribution is 2.35. The third-order valence-electron chi connectivity index (χ3n) is 3.10. The number of hydrogen-bond donors (Lipinski definition) is 0. The second-order valence-corrected chi connectivity index (χ2v) is 4.37. The first-order valence-electron chi connectivity index (χ1n) is 5.41. The van der Waals surface area contributed by atoms with Crippen molar-refractivity contribution < 1.29 is 4.52 Å². The molecule has 1 aliphatic carbocycles. The van der Waals surface area contributed by atoms with E-state index >= 15 is 0 Å². The van der Waals surface area contributed by atoms with Crippen molar-refractivity contribution in [2.24, 2.45) is 0 Å². The minimum Gasteiger partial charge on any atom is -0.321 e. The quantitative estimate of drug-likeness (QED) is 0.761. The lowest BCUT2D eigenvalue weighted by atomic mass is 9.82. The van der Waals surface area contributed by atoms with Gasteiger partial charge in [0.15, 0.2) is 5.82 Å². The highest BCUT2D eigenvalue weighted by molar-refractivity contribution is 6.27. The van der Waals surface area contributed by atoms with Crippen LogP contribution in [0.1, 0.15) is 35.7 Å². The highest BCUT2D eigenvalue weighted by Gasteiger charge is 2.25. The summed E-state index contributed by atoms with van der Waals surface area (Å²) in [5.41, 5.74) is 2.70. The van der Waals surface area contributed by atoms with Crippen LogP contribution < -0.4 is 0 Å². The van der Waals surface area contributed by atoms with Crippen LogP contribution in [-0.4, -0.2) is 10.1 Å². The molecule has 0 N–H and O–H groups in total. The van der Waals surface area contributed by atoms with E-state index in [-0.39, 0.29) is 11.3 Å². The molecule has 2 aromatic rings. The fourth-order valence-corrected chi connectivity index (χ4v) is 2.50. The Labute approximate surface area is 98.4 Å². The number of fused-ring (bicyclic) bond motifs is 1. The minimum atomic E-state index is 0.123. The van der Waals surface area contributed by atoms with Crippen LogP contribution in [0.25, 0.3) is 0 Å². The number of rotatable bonds is 1. The molecule has 82 valence electrons. The minimum absolute atomic E-state index is 0.123. The molecule has 4 heteroatoms. The molecule has 0 saturated heterocycles. The van der Waals surface area contributed by atoms with E-state index in [2.05, 4.69) is 34.4 Å². The Balaban J connectivity index is 2.04. The van der Waals surface area contributed by atoms with Gasteiger partial charge in [0.2, 0.25) is 0 Å². The van der Waals surface area contributed by atoms with Gasteiger partial charge in [-0.25, -0.2) is 0 Å². The molecule has 0 spiro atoms. The normalized spacial score (nSPS) is 19.4. The summed E-state index contributed by atoms with van der Waals surface area (Å²) in [6.07, 6.45) is 3.36. The van der Waals surface area contributed by atoms with Gasteiger partial charge in [-0.05, 0) is 42.0 Å². The zero-order valence-electron chi connectivity index (χ0n) is 8.69. The molecule has 1 aromatic carbocycles. The van der Waals surface area contributed by atoms with Gasteiger partial charge in [0.25, 0.3) is 0 Å². The SMILES string of the molecule is Clc1nc(C2CCCc3ccccc32)no1. The number of aromatic nitrogens is 2. The lowest BCUT2D eigenvalue weighted by Crippen LogP contribution is -2.12. The molecule has 0 saturated carbocycles. The Morgan fingerprint density at radius 1 is 1.31 bits per heavy atom. The van der Waals surface area contributed by atoms with E-state index in [4.69, 9.17) is 16.1 Å². The molecule has 1 atom stereocenters. The molecule has 1 aliphatic rings. The van der Waals surface area contributed by atoms with Gasteiger partial charge in [-0.3, -0.25) is 0 Å². The monoisotopic (exact) mass is 234 g/mol. The van der Waals surface area contributed by atoms with Crippen LogP contribution in [0, 0.1) is 0 Å². The number of halogens is 1. The molecule has 0 amide bonds. The van der Waals surface area contributed by atoms with E-state index in [1.807, 2.05) is 0 Å². The molecule has 0 bridgehead atoms. The van der Waals surface area contributed by atoms with Crippen molar-refractivity contribution in [2.45, 2.75) is 25.2 Å². The van der Waals surface area contributed by atoms with Gasteiger partial charge in [0, 0.05) is 5.92 Å². The van der Waals surface area contributed by atoms with Crippen molar-refractivity contribution in [3.8, 4) is 0 Å². The van der Waals surface area contributed by atoms with Crippen LogP contribution in [-0.2, 0) is 6.42 Å². The first kappa shape index (κ1) is 9.85. The smallest absolute Gasteiger partial charge is 0.320 e. The van der Waals surface area contributed by atoms with Crippen molar-refractivity contribution in [3.05, 3.63) is 46.6 Å². The first-order chi connectivity index (χ1) is 7.84. The van der Waals surface area contributed by atoms with Crippen molar-refractivity contribution in [1.29, 1.82) is 0 Å². The maximum atomic E-state index is 5.67. The van der Waals surface area contributed by atoms with E-state index in [0.717, 1.165) is 19.3 Å². The lowest BCUT2D eigenvalue weighted by Gasteiger charge is -2.22. The van der Waals surface area contributed by atoms with Gasteiger partial charge in [0.1, 0.15) is 0 Å². The third kappa shape index (κ3) is 1.61. The summed E-state index contributed by atoms with van der Waals surface area (Å²) in [7, 11) is 0. The second-order valence-electron chi connectivity index (χ2n) is 4.05. The van der Waals surface area contributed by atoms with E-state index in [1.54, 1.807) is 0 Å². The summed E-state index contributed by atoms with van der Waals surface area (Å²) in [5.74, 6) is 0.943. The highest BCUT2D eigenvalue weighted by atomic mass is 35.5. The molecule has 1 heterocycles. The predicted octanol–water partition coefficient (Wildman–Crippen LogP) is 3.19. The number of aryl methyl sites for hydroxylation is 1. The molecule has 0 aliphatic heterocycles. The summed E-state index contributed by atoms with van der Waals surface area (Å²) in [6.45, 7) is 0. The zero-order valence-corrected chi connectivity index (χ0v) is 9.44. The van der Waals surface area contributed by atoms with Crippen LogP contribution in [0.3, 0.4) is 0 Å². The molecule has 1 unspecified atom stereocenters. The summed E-state index contributed by atoms with van der Waals surface area (Å²) in [4.78, 5) is 4.12.